The van der Waals surface area contributed by atoms with E-state index in [4.69, 9.17) is 0 Å². The molecule has 0 spiro atoms. The molecule has 2 atom stereocenters. The SMILES string of the molecule is CCCC(NC(=O)C1CCNC1)C(=O)N1CCc2sccc2C1.Cl. The molecule has 0 aromatic carbocycles. The third-order valence-corrected chi connectivity index (χ3v) is 5.77. The van der Waals surface area contributed by atoms with Gasteiger partial charge in [0.05, 0.1) is 5.92 Å². The Labute approximate surface area is 153 Å². The van der Waals surface area contributed by atoms with Gasteiger partial charge in [0.1, 0.15) is 6.04 Å². The first-order valence-corrected chi connectivity index (χ1v) is 9.42. The molecule has 1 aromatic rings. The lowest BCUT2D eigenvalue weighted by Gasteiger charge is -2.31. The van der Waals surface area contributed by atoms with Crippen LogP contribution in [0.4, 0.5) is 0 Å². The largest absolute Gasteiger partial charge is 0.344 e. The van der Waals surface area contributed by atoms with Gasteiger partial charge in [-0.2, -0.15) is 0 Å². The second-order valence-corrected chi connectivity index (χ2v) is 7.42. The van der Waals surface area contributed by atoms with Gasteiger partial charge in [-0.1, -0.05) is 13.3 Å². The Morgan fingerprint density at radius 2 is 2.33 bits per heavy atom. The molecular formula is C17H26ClN3O2S. The predicted molar refractivity (Wildman–Crippen MR) is 98.5 cm³/mol. The molecule has 2 amide bonds. The van der Waals surface area contributed by atoms with Crippen LogP contribution in [0.25, 0.3) is 0 Å². The molecule has 2 N–H and O–H groups in total. The summed E-state index contributed by atoms with van der Waals surface area (Å²) in [6.07, 6.45) is 3.38. The van der Waals surface area contributed by atoms with Crippen molar-refractivity contribution in [3.8, 4) is 0 Å². The van der Waals surface area contributed by atoms with Gasteiger partial charge in [-0.05, 0) is 42.8 Å². The third kappa shape index (κ3) is 4.29. The number of thiophene rings is 1. The van der Waals surface area contributed by atoms with Crippen LogP contribution in [-0.4, -0.2) is 42.4 Å². The summed E-state index contributed by atoms with van der Waals surface area (Å²) in [4.78, 5) is 28.5. The van der Waals surface area contributed by atoms with Gasteiger partial charge in [0.25, 0.3) is 0 Å². The lowest BCUT2D eigenvalue weighted by molar-refractivity contribution is -0.138. The van der Waals surface area contributed by atoms with Gasteiger partial charge in [-0.25, -0.2) is 0 Å². The van der Waals surface area contributed by atoms with Crippen molar-refractivity contribution in [1.29, 1.82) is 0 Å². The van der Waals surface area contributed by atoms with E-state index >= 15 is 0 Å². The fourth-order valence-electron chi connectivity index (χ4n) is 3.37. The van der Waals surface area contributed by atoms with Crippen molar-refractivity contribution in [2.75, 3.05) is 19.6 Å². The molecule has 0 saturated carbocycles. The van der Waals surface area contributed by atoms with Crippen LogP contribution in [0.3, 0.4) is 0 Å². The smallest absolute Gasteiger partial charge is 0.245 e. The lowest BCUT2D eigenvalue weighted by atomic mass is 10.0. The summed E-state index contributed by atoms with van der Waals surface area (Å²) in [7, 11) is 0. The Hall–Kier alpha value is -1.11. The molecule has 1 fully saturated rings. The molecule has 7 heteroatoms. The van der Waals surface area contributed by atoms with Gasteiger partial charge < -0.3 is 15.5 Å². The number of amides is 2. The number of carbonyl (C=O) groups is 2. The van der Waals surface area contributed by atoms with E-state index < -0.39 is 0 Å². The lowest BCUT2D eigenvalue weighted by Crippen LogP contribution is -2.51. The summed E-state index contributed by atoms with van der Waals surface area (Å²) in [5.41, 5.74) is 1.26. The summed E-state index contributed by atoms with van der Waals surface area (Å²) < 4.78 is 0. The van der Waals surface area contributed by atoms with E-state index in [1.165, 1.54) is 10.4 Å². The highest BCUT2D eigenvalue weighted by atomic mass is 35.5. The predicted octanol–water partition coefficient (Wildman–Crippen LogP) is 1.95. The van der Waals surface area contributed by atoms with E-state index in [0.717, 1.165) is 38.9 Å². The Morgan fingerprint density at radius 3 is 3.04 bits per heavy atom. The van der Waals surface area contributed by atoms with Crippen molar-refractivity contribution in [1.82, 2.24) is 15.5 Å². The molecule has 3 rings (SSSR count). The van der Waals surface area contributed by atoms with Crippen molar-refractivity contribution in [2.24, 2.45) is 5.92 Å². The maximum absolute atomic E-state index is 12.9. The molecule has 0 radical (unpaired) electrons. The molecule has 5 nitrogen and oxygen atoms in total. The second kappa shape index (κ2) is 8.83. The molecule has 1 saturated heterocycles. The molecule has 24 heavy (non-hydrogen) atoms. The van der Waals surface area contributed by atoms with Crippen molar-refractivity contribution >= 4 is 35.6 Å². The minimum Gasteiger partial charge on any atom is -0.344 e. The molecule has 0 bridgehead atoms. The van der Waals surface area contributed by atoms with Gasteiger partial charge >= 0.3 is 0 Å². The van der Waals surface area contributed by atoms with E-state index in [9.17, 15) is 9.59 Å². The molecule has 2 unspecified atom stereocenters. The van der Waals surface area contributed by atoms with Crippen LogP contribution >= 0.6 is 23.7 Å². The summed E-state index contributed by atoms with van der Waals surface area (Å²) in [6, 6.07) is 1.73. The maximum Gasteiger partial charge on any atom is 0.245 e. The minimum atomic E-state index is -0.381. The minimum absolute atomic E-state index is 0. The molecule has 1 aromatic heterocycles. The maximum atomic E-state index is 12.9. The highest BCUT2D eigenvalue weighted by molar-refractivity contribution is 7.10. The van der Waals surface area contributed by atoms with Gasteiger partial charge in [-0.3, -0.25) is 9.59 Å². The molecule has 3 heterocycles. The molecular weight excluding hydrogens is 346 g/mol. The Balaban J connectivity index is 0.00000208. The van der Waals surface area contributed by atoms with Crippen molar-refractivity contribution in [2.45, 2.75) is 45.2 Å². The highest BCUT2D eigenvalue weighted by Gasteiger charge is 2.31. The van der Waals surface area contributed by atoms with E-state index in [1.54, 1.807) is 11.3 Å². The topological polar surface area (TPSA) is 61.4 Å². The van der Waals surface area contributed by atoms with Crippen LogP contribution in [0.5, 0.6) is 0 Å². The Morgan fingerprint density at radius 1 is 1.50 bits per heavy atom. The van der Waals surface area contributed by atoms with Crippen molar-refractivity contribution in [3.05, 3.63) is 21.9 Å². The van der Waals surface area contributed by atoms with Crippen LogP contribution in [0.15, 0.2) is 11.4 Å². The summed E-state index contributed by atoms with van der Waals surface area (Å²) in [5, 5.41) is 8.31. The van der Waals surface area contributed by atoms with Gasteiger partial charge in [0, 0.05) is 24.5 Å². The average molecular weight is 372 g/mol. The summed E-state index contributed by atoms with van der Waals surface area (Å²) in [5.74, 6) is 0.102. The number of nitrogens with zero attached hydrogens (tertiary/aromatic N) is 1. The zero-order chi connectivity index (χ0) is 16.2. The third-order valence-electron chi connectivity index (χ3n) is 4.74. The molecule has 0 aliphatic carbocycles. The molecule has 2 aliphatic heterocycles. The van der Waals surface area contributed by atoms with Crippen LogP contribution in [0.2, 0.25) is 0 Å². The average Bonchev–Trinajstić information content (AvgIpc) is 3.24. The Kier molecular flexibility index (Phi) is 7.07. The van der Waals surface area contributed by atoms with Crippen molar-refractivity contribution < 1.29 is 9.59 Å². The van der Waals surface area contributed by atoms with Crippen LogP contribution in [0, 0.1) is 5.92 Å². The van der Waals surface area contributed by atoms with Gasteiger partial charge in [-0.15, -0.1) is 23.7 Å². The summed E-state index contributed by atoms with van der Waals surface area (Å²) in [6.45, 7) is 5.10. The fraction of sp³-hybridized carbons (Fsp3) is 0.647. The Bertz CT molecular complexity index is 572. The van der Waals surface area contributed by atoms with E-state index in [1.807, 2.05) is 4.90 Å². The fourth-order valence-corrected chi connectivity index (χ4v) is 4.26. The second-order valence-electron chi connectivity index (χ2n) is 6.42. The normalized spacial score (nSPS) is 20.9. The summed E-state index contributed by atoms with van der Waals surface area (Å²) >= 11 is 1.77. The zero-order valence-corrected chi connectivity index (χ0v) is 15.7. The van der Waals surface area contributed by atoms with Crippen LogP contribution in [-0.2, 0) is 22.6 Å². The zero-order valence-electron chi connectivity index (χ0n) is 14.0. The van der Waals surface area contributed by atoms with Crippen molar-refractivity contribution in [3.63, 3.8) is 0 Å². The number of hydrogen-bond acceptors (Lipinski definition) is 4. The number of carbonyl (C=O) groups excluding carboxylic acids is 2. The molecule has 2 aliphatic rings. The first kappa shape index (κ1) is 19.2. The first-order valence-electron chi connectivity index (χ1n) is 8.54. The molecule has 134 valence electrons. The quantitative estimate of drug-likeness (QED) is 0.831. The van der Waals surface area contributed by atoms with Gasteiger partial charge in [0.2, 0.25) is 11.8 Å². The van der Waals surface area contributed by atoms with E-state index in [-0.39, 0.29) is 36.2 Å². The highest BCUT2D eigenvalue weighted by Crippen LogP contribution is 2.24. The first-order chi connectivity index (χ1) is 11.2. The standard InChI is InChI=1S/C17H25N3O2S.ClH/c1-2-3-14(19-16(21)12-4-7-18-10-12)17(22)20-8-5-15-13(11-20)6-9-23-15;/h6,9,12,14,18H,2-5,7-8,10-11H2,1H3,(H,19,21);1H. The number of fused-ring (bicyclic) bond motifs is 1. The van der Waals surface area contributed by atoms with Crippen LogP contribution in [0.1, 0.15) is 36.6 Å². The van der Waals surface area contributed by atoms with E-state index in [0.29, 0.717) is 13.0 Å². The van der Waals surface area contributed by atoms with Gasteiger partial charge in [0.15, 0.2) is 0 Å². The van der Waals surface area contributed by atoms with Crippen LogP contribution < -0.4 is 10.6 Å². The number of rotatable bonds is 5. The number of hydrogen-bond donors (Lipinski definition) is 2. The number of nitrogens with one attached hydrogen (secondary N) is 2. The van der Waals surface area contributed by atoms with E-state index in [2.05, 4.69) is 29.0 Å². The number of halogens is 1. The monoisotopic (exact) mass is 371 g/mol.